The monoisotopic (exact) mass is 274 g/mol. The molecule has 0 amide bonds. The lowest BCUT2D eigenvalue weighted by molar-refractivity contribution is 0.304. The lowest BCUT2D eigenvalue weighted by atomic mass is 10.2. The van der Waals surface area contributed by atoms with Crippen molar-refractivity contribution < 1.29 is 4.74 Å². The van der Waals surface area contributed by atoms with E-state index < -0.39 is 0 Å². The maximum Gasteiger partial charge on any atom is 0.212 e. The summed E-state index contributed by atoms with van der Waals surface area (Å²) in [5.41, 5.74) is 7.60. The van der Waals surface area contributed by atoms with Crippen molar-refractivity contribution >= 4 is 16.3 Å². The van der Waals surface area contributed by atoms with E-state index in [1.165, 1.54) is 16.9 Å². The molecule has 0 spiro atoms. The predicted molar refractivity (Wildman–Crippen MR) is 74.3 cm³/mol. The van der Waals surface area contributed by atoms with Crippen LogP contribution in [0.15, 0.2) is 30.5 Å². The fourth-order valence-electron chi connectivity index (χ4n) is 1.72. The molecule has 0 radical (unpaired) electrons. The summed E-state index contributed by atoms with van der Waals surface area (Å²) in [6.07, 6.45) is 1.85. The molecule has 98 valence electrons. The molecule has 3 aromatic rings. The van der Waals surface area contributed by atoms with Crippen LogP contribution in [0.25, 0.3) is 4.96 Å². The van der Waals surface area contributed by atoms with Crippen molar-refractivity contribution in [2.75, 3.05) is 0 Å². The molecule has 6 heteroatoms. The molecule has 0 aliphatic carbocycles. The van der Waals surface area contributed by atoms with E-state index in [1.54, 1.807) is 4.52 Å². The molecule has 0 unspecified atom stereocenters. The van der Waals surface area contributed by atoms with Crippen LogP contribution in [-0.2, 0) is 13.2 Å². The molecule has 3 rings (SSSR count). The SMILES string of the molecule is Cc1ccc(OCc2nn3cc(CN)nc3s2)cc1. The van der Waals surface area contributed by atoms with Crippen LogP contribution in [0.2, 0.25) is 0 Å². The first kappa shape index (κ1) is 12.1. The summed E-state index contributed by atoms with van der Waals surface area (Å²) in [4.78, 5) is 5.21. The Morgan fingerprint density at radius 2 is 2.11 bits per heavy atom. The number of nitrogens with zero attached hydrogens (tertiary/aromatic N) is 3. The highest BCUT2D eigenvalue weighted by molar-refractivity contribution is 7.16. The van der Waals surface area contributed by atoms with Gasteiger partial charge in [0.15, 0.2) is 5.01 Å². The molecule has 0 saturated carbocycles. The third kappa shape index (κ3) is 2.59. The Kier molecular flexibility index (Phi) is 3.18. The Morgan fingerprint density at radius 3 is 2.79 bits per heavy atom. The zero-order chi connectivity index (χ0) is 13.2. The second kappa shape index (κ2) is 4.99. The molecule has 0 aliphatic heterocycles. The number of aromatic nitrogens is 3. The van der Waals surface area contributed by atoms with Crippen LogP contribution < -0.4 is 10.5 Å². The van der Waals surface area contributed by atoms with Crippen LogP contribution in [0.4, 0.5) is 0 Å². The minimum absolute atomic E-state index is 0.436. The molecule has 0 atom stereocenters. The summed E-state index contributed by atoms with van der Waals surface area (Å²) in [5, 5.41) is 5.30. The summed E-state index contributed by atoms with van der Waals surface area (Å²) in [6, 6.07) is 7.97. The maximum absolute atomic E-state index is 5.68. The third-order valence-electron chi connectivity index (χ3n) is 2.73. The number of benzene rings is 1. The summed E-state index contributed by atoms with van der Waals surface area (Å²) < 4.78 is 7.44. The van der Waals surface area contributed by atoms with Crippen LogP contribution in [-0.4, -0.2) is 14.6 Å². The minimum Gasteiger partial charge on any atom is -0.486 e. The molecular formula is C13H14N4OS. The van der Waals surface area contributed by atoms with Crippen molar-refractivity contribution in [2.45, 2.75) is 20.1 Å². The molecule has 19 heavy (non-hydrogen) atoms. The number of ether oxygens (including phenoxy) is 1. The zero-order valence-electron chi connectivity index (χ0n) is 10.5. The van der Waals surface area contributed by atoms with Gasteiger partial charge in [0.1, 0.15) is 12.4 Å². The fraction of sp³-hybridized carbons (Fsp3) is 0.231. The molecule has 2 aromatic heterocycles. The number of aryl methyl sites for hydroxylation is 1. The van der Waals surface area contributed by atoms with Crippen LogP contribution in [0.5, 0.6) is 5.75 Å². The van der Waals surface area contributed by atoms with Crippen molar-refractivity contribution in [3.8, 4) is 5.75 Å². The molecule has 1 aromatic carbocycles. The van der Waals surface area contributed by atoms with Crippen molar-refractivity contribution in [3.63, 3.8) is 0 Å². The number of hydrogen-bond donors (Lipinski definition) is 1. The van der Waals surface area contributed by atoms with E-state index in [4.69, 9.17) is 10.5 Å². The molecule has 0 aliphatic rings. The molecule has 2 heterocycles. The van der Waals surface area contributed by atoms with Gasteiger partial charge in [0.2, 0.25) is 4.96 Å². The van der Waals surface area contributed by atoms with Crippen LogP contribution in [0.3, 0.4) is 0 Å². The Hall–Kier alpha value is -1.92. The molecular weight excluding hydrogens is 260 g/mol. The number of rotatable bonds is 4. The highest BCUT2D eigenvalue weighted by atomic mass is 32.1. The van der Waals surface area contributed by atoms with Gasteiger partial charge in [0, 0.05) is 6.54 Å². The number of fused-ring (bicyclic) bond motifs is 1. The predicted octanol–water partition coefficient (Wildman–Crippen LogP) is 2.14. The van der Waals surface area contributed by atoms with Gasteiger partial charge >= 0.3 is 0 Å². The second-order valence-corrected chi connectivity index (χ2v) is 5.30. The van der Waals surface area contributed by atoms with Gasteiger partial charge in [-0.3, -0.25) is 0 Å². The highest BCUT2D eigenvalue weighted by Crippen LogP contribution is 2.18. The van der Waals surface area contributed by atoms with Gasteiger partial charge < -0.3 is 10.5 Å². The lowest BCUT2D eigenvalue weighted by Gasteiger charge is -2.03. The molecule has 0 fully saturated rings. The van der Waals surface area contributed by atoms with E-state index in [1.807, 2.05) is 30.5 Å². The Morgan fingerprint density at radius 1 is 1.32 bits per heavy atom. The van der Waals surface area contributed by atoms with Crippen molar-refractivity contribution in [3.05, 3.63) is 46.7 Å². The Labute approximate surface area is 114 Å². The molecule has 2 N–H and O–H groups in total. The van der Waals surface area contributed by atoms with Crippen molar-refractivity contribution in [2.24, 2.45) is 5.73 Å². The van der Waals surface area contributed by atoms with Gasteiger partial charge in [-0.2, -0.15) is 5.10 Å². The first-order valence-corrected chi connectivity index (χ1v) is 6.80. The minimum atomic E-state index is 0.436. The quantitative estimate of drug-likeness (QED) is 0.791. The maximum atomic E-state index is 5.68. The molecule has 0 bridgehead atoms. The van der Waals surface area contributed by atoms with Crippen LogP contribution >= 0.6 is 11.3 Å². The van der Waals surface area contributed by atoms with Gasteiger partial charge in [-0.25, -0.2) is 9.50 Å². The normalized spacial score (nSPS) is 11.1. The lowest BCUT2D eigenvalue weighted by Crippen LogP contribution is -1.97. The summed E-state index contributed by atoms with van der Waals surface area (Å²) >= 11 is 1.52. The van der Waals surface area contributed by atoms with Gasteiger partial charge in [-0.15, -0.1) is 0 Å². The van der Waals surface area contributed by atoms with Crippen LogP contribution in [0, 0.1) is 6.92 Å². The number of hydrogen-bond acceptors (Lipinski definition) is 5. The zero-order valence-corrected chi connectivity index (χ0v) is 11.4. The Bertz CT molecular complexity index is 655. The Balaban J connectivity index is 1.71. The average molecular weight is 274 g/mol. The number of nitrogens with two attached hydrogens (primary N) is 1. The molecule has 0 saturated heterocycles. The van der Waals surface area contributed by atoms with E-state index in [-0.39, 0.29) is 0 Å². The fourth-order valence-corrected chi connectivity index (χ4v) is 2.53. The molecule has 5 nitrogen and oxygen atoms in total. The van der Waals surface area contributed by atoms with E-state index >= 15 is 0 Å². The van der Waals surface area contributed by atoms with Gasteiger partial charge in [0.05, 0.1) is 11.9 Å². The van der Waals surface area contributed by atoms with Crippen molar-refractivity contribution in [1.29, 1.82) is 0 Å². The van der Waals surface area contributed by atoms with Crippen LogP contribution in [0.1, 0.15) is 16.3 Å². The smallest absolute Gasteiger partial charge is 0.212 e. The standard InChI is InChI=1S/C13H14N4OS/c1-9-2-4-11(5-3-9)18-8-12-16-17-7-10(6-14)15-13(17)19-12/h2-5,7H,6,8,14H2,1H3. The van der Waals surface area contributed by atoms with Crippen molar-refractivity contribution in [1.82, 2.24) is 14.6 Å². The topological polar surface area (TPSA) is 65.4 Å². The van der Waals surface area contributed by atoms with E-state index in [9.17, 15) is 0 Å². The van der Waals surface area contributed by atoms with E-state index in [0.29, 0.717) is 13.2 Å². The first-order valence-electron chi connectivity index (χ1n) is 5.98. The largest absolute Gasteiger partial charge is 0.486 e. The van der Waals surface area contributed by atoms with Gasteiger partial charge in [0.25, 0.3) is 0 Å². The summed E-state index contributed by atoms with van der Waals surface area (Å²) in [5.74, 6) is 0.848. The first-order chi connectivity index (χ1) is 9.24. The average Bonchev–Trinajstić information content (AvgIpc) is 2.95. The number of imidazole rings is 1. The van der Waals surface area contributed by atoms with Gasteiger partial charge in [-0.05, 0) is 19.1 Å². The van der Waals surface area contributed by atoms with E-state index in [2.05, 4.69) is 17.0 Å². The second-order valence-electron chi connectivity index (χ2n) is 4.26. The highest BCUT2D eigenvalue weighted by Gasteiger charge is 2.07. The van der Waals surface area contributed by atoms with E-state index in [0.717, 1.165) is 21.4 Å². The van der Waals surface area contributed by atoms with Gasteiger partial charge in [-0.1, -0.05) is 29.0 Å². The third-order valence-corrected chi connectivity index (χ3v) is 3.62. The summed E-state index contributed by atoms with van der Waals surface area (Å²) in [6.45, 7) is 2.94. The summed E-state index contributed by atoms with van der Waals surface area (Å²) in [7, 11) is 0.